The van der Waals surface area contributed by atoms with E-state index in [1.165, 1.54) is 11.6 Å². The smallest absolute Gasteiger partial charge is 0.170 e. The Bertz CT molecular complexity index is 1120. The zero-order chi connectivity index (χ0) is 19.5. The summed E-state index contributed by atoms with van der Waals surface area (Å²) >= 11 is 0. The van der Waals surface area contributed by atoms with E-state index in [2.05, 4.69) is 56.3 Å². The normalized spacial score (nSPS) is 22.8. The highest BCUT2D eigenvalue weighted by molar-refractivity contribution is 6.02. The second-order valence-corrected chi connectivity index (χ2v) is 9.00. The Hall–Kier alpha value is -2.75. The van der Waals surface area contributed by atoms with Crippen LogP contribution >= 0.6 is 0 Å². The van der Waals surface area contributed by atoms with Gasteiger partial charge in [0.1, 0.15) is 5.82 Å². The molecule has 0 unspecified atom stereocenters. The molecule has 0 saturated heterocycles. The predicted octanol–water partition coefficient (Wildman–Crippen LogP) is 5.67. The van der Waals surface area contributed by atoms with Gasteiger partial charge in [0.25, 0.3) is 0 Å². The molecule has 4 heteroatoms. The van der Waals surface area contributed by atoms with Crippen molar-refractivity contribution >= 4 is 16.6 Å². The van der Waals surface area contributed by atoms with Gasteiger partial charge in [0.2, 0.25) is 0 Å². The van der Waals surface area contributed by atoms with Crippen molar-refractivity contribution in [2.24, 2.45) is 10.6 Å². The third-order valence-corrected chi connectivity index (χ3v) is 5.93. The molecule has 1 aromatic heterocycles. The van der Waals surface area contributed by atoms with E-state index in [4.69, 9.17) is 9.82 Å². The van der Waals surface area contributed by atoms with Gasteiger partial charge in [-0.05, 0) is 48.6 Å². The first kappa shape index (κ1) is 17.4. The van der Waals surface area contributed by atoms with Crippen molar-refractivity contribution in [2.45, 2.75) is 45.6 Å². The molecular weight excluding hydrogens is 351 g/mol. The lowest BCUT2D eigenvalue weighted by Gasteiger charge is -2.41. The lowest BCUT2D eigenvalue weighted by atomic mass is 9.66. The molecule has 5 rings (SSSR count). The van der Waals surface area contributed by atoms with Gasteiger partial charge in [-0.1, -0.05) is 48.8 Å². The highest BCUT2D eigenvalue weighted by Crippen LogP contribution is 2.51. The molecular formula is C24H23FN2O. The number of benzene rings is 2. The lowest BCUT2D eigenvalue weighted by molar-refractivity contribution is -0.0631. The fourth-order valence-electron chi connectivity index (χ4n) is 4.72. The van der Waals surface area contributed by atoms with Crippen LogP contribution in [0.1, 0.15) is 49.1 Å². The van der Waals surface area contributed by atoms with E-state index >= 15 is 0 Å². The molecule has 1 aliphatic heterocycles. The van der Waals surface area contributed by atoms with Crippen LogP contribution in [0.25, 0.3) is 10.9 Å². The molecule has 142 valence electrons. The SMILES string of the molecule is Cc1ccc(C2=NO[C@]3(C2)CC(C)(C)Cc2nc4ccc(F)cc4cc23)cc1. The van der Waals surface area contributed by atoms with E-state index in [-0.39, 0.29) is 11.2 Å². The summed E-state index contributed by atoms with van der Waals surface area (Å²) in [6, 6.07) is 15.2. The maximum Gasteiger partial charge on any atom is 0.170 e. The number of halogens is 1. The monoisotopic (exact) mass is 374 g/mol. The Balaban J connectivity index is 1.61. The van der Waals surface area contributed by atoms with Crippen molar-refractivity contribution in [1.29, 1.82) is 0 Å². The van der Waals surface area contributed by atoms with Gasteiger partial charge in [-0.15, -0.1) is 0 Å². The van der Waals surface area contributed by atoms with Crippen LogP contribution in [0, 0.1) is 18.2 Å². The number of aryl methyl sites for hydroxylation is 1. The van der Waals surface area contributed by atoms with Gasteiger partial charge < -0.3 is 4.84 Å². The minimum absolute atomic E-state index is 0.0476. The Morgan fingerprint density at radius 3 is 2.57 bits per heavy atom. The summed E-state index contributed by atoms with van der Waals surface area (Å²) in [5.41, 5.74) is 5.70. The average Bonchev–Trinajstić information content (AvgIpc) is 3.04. The summed E-state index contributed by atoms with van der Waals surface area (Å²) in [6.07, 6.45) is 2.43. The average molecular weight is 374 g/mol. The van der Waals surface area contributed by atoms with E-state index in [0.29, 0.717) is 6.42 Å². The molecule has 3 aromatic rings. The van der Waals surface area contributed by atoms with Crippen LogP contribution in [0.2, 0.25) is 0 Å². The zero-order valence-electron chi connectivity index (χ0n) is 16.4. The maximum absolute atomic E-state index is 13.8. The molecule has 0 fully saturated rings. The third kappa shape index (κ3) is 2.79. The van der Waals surface area contributed by atoms with Gasteiger partial charge in [0.15, 0.2) is 5.60 Å². The van der Waals surface area contributed by atoms with Crippen LogP contribution in [0.5, 0.6) is 0 Å². The number of hydrogen-bond acceptors (Lipinski definition) is 3. The van der Waals surface area contributed by atoms with Gasteiger partial charge >= 0.3 is 0 Å². The molecule has 2 aliphatic rings. The Kier molecular flexibility index (Phi) is 3.64. The number of pyridine rings is 1. The van der Waals surface area contributed by atoms with Gasteiger partial charge in [-0.3, -0.25) is 4.98 Å². The second kappa shape index (κ2) is 5.87. The molecule has 0 bridgehead atoms. The van der Waals surface area contributed by atoms with Gasteiger partial charge in [0, 0.05) is 29.5 Å². The van der Waals surface area contributed by atoms with E-state index < -0.39 is 5.60 Å². The quantitative estimate of drug-likeness (QED) is 0.550. The van der Waals surface area contributed by atoms with Gasteiger partial charge in [-0.2, -0.15) is 0 Å². The fourth-order valence-corrected chi connectivity index (χ4v) is 4.72. The largest absolute Gasteiger partial charge is 0.384 e. The van der Waals surface area contributed by atoms with Crippen molar-refractivity contribution < 1.29 is 9.23 Å². The second-order valence-electron chi connectivity index (χ2n) is 9.00. The molecule has 0 amide bonds. The summed E-state index contributed by atoms with van der Waals surface area (Å²) in [5, 5.41) is 5.30. The summed E-state index contributed by atoms with van der Waals surface area (Å²) < 4.78 is 13.8. The molecule has 1 atom stereocenters. The van der Waals surface area contributed by atoms with Crippen LogP contribution in [0.4, 0.5) is 4.39 Å². The molecule has 1 spiro atoms. The minimum atomic E-state index is -0.537. The first-order valence-electron chi connectivity index (χ1n) is 9.75. The predicted molar refractivity (Wildman–Crippen MR) is 109 cm³/mol. The lowest BCUT2D eigenvalue weighted by Crippen LogP contribution is -2.40. The van der Waals surface area contributed by atoms with Gasteiger partial charge in [-0.25, -0.2) is 4.39 Å². The van der Waals surface area contributed by atoms with Crippen molar-refractivity contribution in [1.82, 2.24) is 4.98 Å². The number of nitrogens with zero attached hydrogens (tertiary/aromatic N) is 2. The van der Waals surface area contributed by atoms with Crippen molar-refractivity contribution in [3.63, 3.8) is 0 Å². The number of rotatable bonds is 1. The molecule has 3 nitrogen and oxygen atoms in total. The van der Waals surface area contributed by atoms with Crippen LogP contribution < -0.4 is 0 Å². The Labute approximate surface area is 164 Å². The standard InChI is InChI=1S/C24H23FN2O/c1-15-4-6-16(7-5-15)21-13-24(28-27-21)14-23(2,3)12-22-19(24)11-17-10-18(25)8-9-20(17)26-22/h4-11H,12-14H2,1-3H3/t24-/m1/s1. The summed E-state index contributed by atoms with van der Waals surface area (Å²) in [4.78, 5) is 11.1. The van der Waals surface area contributed by atoms with Crippen molar-refractivity contribution in [2.75, 3.05) is 0 Å². The summed E-state index contributed by atoms with van der Waals surface area (Å²) in [6.45, 7) is 6.58. The number of fused-ring (bicyclic) bond motifs is 3. The van der Waals surface area contributed by atoms with E-state index in [0.717, 1.165) is 46.3 Å². The summed E-state index contributed by atoms with van der Waals surface area (Å²) in [5.74, 6) is -0.247. The van der Waals surface area contributed by atoms with E-state index in [9.17, 15) is 4.39 Å². The number of aromatic nitrogens is 1. The van der Waals surface area contributed by atoms with E-state index in [1.54, 1.807) is 12.1 Å². The molecule has 2 heterocycles. The number of oxime groups is 1. The minimum Gasteiger partial charge on any atom is -0.384 e. The van der Waals surface area contributed by atoms with Crippen LogP contribution in [0.3, 0.4) is 0 Å². The van der Waals surface area contributed by atoms with Crippen LogP contribution in [-0.4, -0.2) is 10.7 Å². The molecule has 28 heavy (non-hydrogen) atoms. The molecule has 2 aromatic carbocycles. The topological polar surface area (TPSA) is 34.5 Å². The first-order valence-corrected chi connectivity index (χ1v) is 9.75. The molecule has 0 radical (unpaired) electrons. The first-order chi connectivity index (χ1) is 13.3. The van der Waals surface area contributed by atoms with E-state index in [1.807, 2.05) is 0 Å². The summed E-state index contributed by atoms with van der Waals surface area (Å²) in [7, 11) is 0. The van der Waals surface area contributed by atoms with Crippen molar-refractivity contribution in [3.8, 4) is 0 Å². The van der Waals surface area contributed by atoms with Crippen LogP contribution in [-0.2, 0) is 16.9 Å². The molecule has 0 saturated carbocycles. The maximum atomic E-state index is 13.8. The van der Waals surface area contributed by atoms with Crippen LogP contribution in [0.15, 0.2) is 53.7 Å². The highest BCUT2D eigenvalue weighted by Gasteiger charge is 2.50. The van der Waals surface area contributed by atoms with Crippen molar-refractivity contribution in [3.05, 3.63) is 76.7 Å². The Morgan fingerprint density at radius 1 is 1.00 bits per heavy atom. The Morgan fingerprint density at radius 2 is 1.79 bits per heavy atom. The highest BCUT2D eigenvalue weighted by atomic mass is 19.1. The fraction of sp³-hybridized carbons (Fsp3) is 0.333. The zero-order valence-corrected chi connectivity index (χ0v) is 16.4. The number of hydrogen-bond donors (Lipinski definition) is 0. The third-order valence-electron chi connectivity index (χ3n) is 5.93. The molecule has 0 N–H and O–H groups in total. The van der Waals surface area contributed by atoms with Gasteiger partial charge in [0.05, 0.1) is 11.2 Å². The molecule has 1 aliphatic carbocycles.